The van der Waals surface area contributed by atoms with E-state index in [1.54, 1.807) is 42.5 Å². The first kappa shape index (κ1) is 18.5. The molecule has 0 radical (unpaired) electrons. The first-order valence-electron chi connectivity index (χ1n) is 7.73. The van der Waals surface area contributed by atoms with Crippen LogP contribution in [0.4, 0.5) is 5.82 Å². The molecular weight excluding hydrogens is 326 g/mol. The minimum absolute atomic E-state index is 0.335. The van der Waals surface area contributed by atoms with Crippen molar-refractivity contribution in [2.24, 2.45) is 0 Å². The van der Waals surface area contributed by atoms with E-state index in [4.69, 9.17) is 20.3 Å². The van der Waals surface area contributed by atoms with Gasteiger partial charge < -0.3 is 30.7 Å². The number of ether oxygens (including phenoxy) is 2. The summed E-state index contributed by atoms with van der Waals surface area (Å²) in [5.74, 6) is 0.450. The van der Waals surface area contributed by atoms with Crippen molar-refractivity contribution in [3.05, 3.63) is 48.2 Å². The van der Waals surface area contributed by atoms with Gasteiger partial charge in [-0.15, -0.1) is 0 Å². The highest BCUT2D eigenvalue weighted by Crippen LogP contribution is 2.17. The number of carboxylic acids is 1. The second-order valence-electron chi connectivity index (χ2n) is 5.21. The van der Waals surface area contributed by atoms with E-state index in [1.807, 2.05) is 0 Å². The van der Waals surface area contributed by atoms with Crippen molar-refractivity contribution in [2.45, 2.75) is 6.10 Å². The van der Waals surface area contributed by atoms with Crippen molar-refractivity contribution >= 4 is 11.8 Å². The second-order valence-corrected chi connectivity index (χ2v) is 5.21. The van der Waals surface area contributed by atoms with E-state index in [1.165, 1.54) is 0 Å². The van der Waals surface area contributed by atoms with Crippen LogP contribution in [0.5, 0.6) is 11.5 Å². The number of aliphatic carboxylic acids is 1. The highest BCUT2D eigenvalue weighted by atomic mass is 16.5. The van der Waals surface area contributed by atoms with Crippen molar-refractivity contribution in [2.75, 3.05) is 32.0 Å². The molecule has 0 amide bonds. The van der Waals surface area contributed by atoms with Crippen molar-refractivity contribution in [1.82, 2.24) is 10.3 Å². The Hall–Kier alpha value is -2.84. The molecule has 5 N–H and O–H groups in total. The standard InChI is InChI=1S/C17H21N3O5/c18-16-3-1-2-14(20-16)15(21)10-19-8-9-24-12-4-6-13(7-5-12)25-11-17(22)23/h1-7,15,19,21H,8-11H2,(H2,18,20)(H,22,23). The molecule has 1 atom stereocenters. The summed E-state index contributed by atoms with van der Waals surface area (Å²) in [6, 6.07) is 11.8. The van der Waals surface area contributed by atoms with Gasteiger partial charge in [0, 0.05) is 13.1 Å². The maximum Gasteiger partial charge on any atom is 0.341 e. The number of carbonyl (C=O) groups is 1. The molecule has 2 aromatic rings. The molecule has 0 saturated carbocycles. The van der Waals surface area contributed by atoms with Crippen molar-refractivity contribution in [3.63, 3.8) is 0 Å². The average Bonchev–Trinajstić information content (AvgIpc) is 2.60. The zero-order valence-corrected chi connectivity index (χ0v) is 13.6. The molecule has 0 aliphatic carbocycles. The van der Waals surface area contributed by atoms with Crippen LogP contribution in [0.15, 0.2) is 42.5 Å². The van der Waals surface area contributed by atoms with Crippen LogP contribution < -0.4 is 20.5 Å². The van der Waals surface area contributed by atoms with Gasteiger partial charge in [-0.05, 0) is 36.4 Å². The monoisotopic (exact) mass is 347 g/mol. The van der Waals surface area contributed by atoms with Gasteiger partial charge in [0.15, 0.2) is 6.61 Å². The number of hydrogen-bond donors (Lipinski definition) is 4. The van der Waals surface area contributed by atoms with Gasteiger partial charge in [-0.1, -0.05) is 6.07 Å². The van der Waals surface area contributed by atoms with Crippen LogP contribution in [0.3, 0.4) is 0 Å². The number of rotatable bonds is 10. The van der Waals surface area contributed by atoms with Gasteiger partial charge in [-0.3, -0.25) is 0 Å². The van der Waals surface area contributed by atoms with Gasteiger partial charge in [-0.2, -0.15) is 0 Å². The molecule has 0 saturated heterocycles. The number of nitrogens with two attached hydrogens (primary N) is 1. The number of nitrogen functional groups attached to an aromatic ring is 1. The normalized spacial score (nSPS) is 11.7. The van der Waals surface area contributed by atoms with Crippen LogP contribution in [-0.2, 0) is 4.79 Å². The van der Waals surface area contributed by atoms with E-state index in [0.717, 1.165) is 0 Å². The molecule has 1 aromatic carbocycles. The number of benzene rings is 1. The fraction of sp³-hybridized carbons (Fsp3) is 0.294. The van der Waals surface area contributed by atoms with E-state index in [9.17, 15) is 9.90 Å². The lowest BCUT2D eigenvalue weighted by Crippen LogP contribution is -2.26. The summed E-state index contributed by atoms with van der Waals surface area (Å²) in [5.41, 5.74) is 6.10. The molecule has 0 bridgehead atoms. The summed E-state index contributed by atoms with van der Waals surface area (Å²) in [5, 5.41) is 21.6. The Balaban J connectivity index is 1.65. The molecule has 2 rings (SSSR count). The second kappa shape index (κ2) is 9.45. The molecule has 0 aliphatic heterocycles. The fourth-order valence-electron chi connectivity index (χ4n) is 2.02. The van der Waals surface area contributed by atoms with Crippen LogP contribution in [0.1, 0.15) is 11.8 Å². The van der Waals surface area contributed by atoms with Crippen molar-refractivity contribution in [1.29, 1.82) is 0 Å². The Morgan fingerprint density at radius 1 is 1.16 bits per heavy atom. The lowest BCUT2D eigenvalue weighted by Gasteiger charge is -2.12. The minimum Gasteiger partial charge on any atom is -0.492 e. The van der Waals surface area contributed by atoms with Crippen molar-refractivity contribution in [3.8, 4) is 11.5 Å². The Bertz CT molecular complexity index is 678. The lowest BCUT2D eigenvalue weighted by atomic mass is 10.2. The molecule has 0 spiro atoms. The predicted molar refractivity (Wildman–Crippen MR) is 91.5 cm³/mol. The number of pyridine rings is 1. The summed E-state index contributed by atoms with van der Waals surface area (Å²) in [4.78, 5) is 14.5. The summed E-state index contributed by atoms with van der Waals surface area (Å²) >= 11 is 0. The molecule has 0 fully saturated rings. The van der Waals surface area contributed by atoms with Crippen molar-refractivity contribution < 1.29 is 24.5 Å². The number of aliphatic hydroxyl groups is 1. The Kier molecular flexibility index (Phi) is 7.00. The molecule has 1 unspecified atom stereocenters. The number of hydrogen-bond acceptors (Lipinski definition) is 7. The molecule has 1 heterocycles. The van der Waals surface area contributed by atoms with Crippen LogP contribution >= 0.6 is 0 Å². The number of nitrogens with zero attached hydrogens (tertiary/aromatic N) is 1. The van der Waals surface area contributed by atoms with E-state index in [2.05, 4.69) is 10.3 Å². The van der Waals surface area contributed by atoms with Gasteiger partial charge in [0.05, 0.1) is 5.69 Å². The third kappa shape index (κ3) is 6.66. The molecule has 0 aliphatic rings. The maximum atomic E-state index is 10.4. The lowest BCUT2D eigenvalue weighted by molar-refractivity contribution is -0.139. The first-order chi connectivity index (χ1) is 12.0. The van der Waals surface area contributed by atoms with Gasteiger partial charge >= 0.3 is 5.97 Å². The zero-order chi connectivity index (χ0) is 18.1. The van der Waals surface area contributed by atoms with E-state index >= 15 is 0 Å². The summed E-state index contributed by atoms with van der Waals surface area (Å²) in [6.07, 6.45) is -0.742. The maximum absolute atomic E-state index is 10.4. The number of aliphatic hydroxyl groups excluding tert-OH is 1. The number of nitrogens with one attached hydrogen (secondary N) is 1. The quantitative estimate of drug-likeness (QED) is 0.466. The third-order valence-electron chi connectivity index (χ3n) is 3.20. The molecular formula is C17H21N3O5. The SMILES string of the molecule is Nc1cccc(C(O)CNCCOc2ccc(OCC(=O)O)cc2)n1. The average molecular weight is 347 g/mol. The number of anilines is 1. The smallest absolute Gasteiger partial charge is 0.341 e. The molecule has 8 heteroatoms. The van der Waals surface area contributed by atoms with Crippen LogP contribution in [0, 0.1) is 0 Å². The summed E-state index contributed by atoms with van der Waals surface area (Å²) in [6.45, 7) is 0.902. The molecule has 8 nitrogen and oxygen atoms in total. The van der Waals surface area contributed by atoms with Crippen LogP contribution in [-0.4, -0.2) is 47.5 Å². The van der Waals surface area contributed by atoms with Crippen LogP contribution in [0.25, 0.3) is 0 Å². The topological polar surface area (TPSA) is 127 Å². The fourth-order valence-corrected chi connectivity index (χ4v) is 2.02. The third-order valence-corrected chi connectivity index (χ3v) is 3.20. The van der Waals surface area contributed by atoms with Gasteiger partial charge in [0.25, 0.3) is 0 Å². The summed E-state index contributed by atoms with van der Waals surface area (Å²) < 4.78 is 10.6. The number of carboxylic acid groups (broad SMARTS) is 1. The molecule has 1 aromatic heterocycles. The Labute approximate surface area is 145 Å². The van der Waals surface area contributed by atoms with E-state index < -0.39 is 12.1 Å². The van der Waals surface area contributed by atoms with Gasteiger partial charge in [0.2, 0.25) is 0 Å². The van der Waals surface area contributed by atoms with Gasteiger partial charge in [0.1, 0.15) is 30.0 Å². The predicted octanol–water partition coefficient (Wildman–Crippen LogP) is 0.829. The van der Waals surface area contributed by atoms with E-state index in [-0.39, 0.29) is 6.61 Å². The highest BCUT2D eigenvalue weighted by molar-refractivity contribution is 5.68. The summed E-state index contributed by atoms with van der Waals surface area (Å²) in [7, 11) is 0. The molecule has 25 heavy (non-hydrogen) atoms. The largest absolute Gasteiger partial charge is 0.492 e. The number of aromatic nitrogens is 1. The molecule has 134 valence electrons. The zero-order valence-electron chi connectivity index (χ0n) is 13.6. The highest BCUT2D eigenvalue weighted by Gasteiger charge is 2.08. The first-order valence-corrected chi connectivity index (χ1v) is 7.73. The van der Waals surface area contributed by atoms with Crippen LogP contribution in [0.2, 0.25) is 0 Å². The Morgan fingerprint density at radius 3 is 2.48 bits per heavy atom. The Morgan fingerprint density at radius 2 is 1.84 bits per heavy atom. The minimum atomic E-state index is -1.03. The van der Waals surface area contributed by atoms with Gasteiger partial charge in [-0.25, -0.2) is 9.78 Å². The van der Waals surface area contributed by atoms with E-state index in [0.29, 0.717) is 42.7 Å².